The summed E-state index contributed by atoms with van der Waals surface area (Å²) in [6.45, 7) is 1.13. The van der Waals surface area contributed by atoms with Crippen molar-refractivity contribution in [1.29, 1.82) is 0 Å². The van der Waals surface area contributed by atoms with Crippen molar-refractivity contribution in [2.75, 3.05) is 26.6 Å². The number of nitrogens with zero attached hydrogens (tertiary/aromatic N) is 2. The van der Waals surface area contributed by atoms with E-state index in [1.807, 2.05) is 54.7 Å². The van der Waals surface area contributed by atoms with Crippen LogP contribution in [-0.2, 0) is 13.1 Å². The molecule has 1 N–H and O–H groups in total. The lowest BCUT2D eigenvalue weighted by atomic mass is 10.1. The maximum atomic E-state index is 5.76. The maximum Gasteiger partial charge on any atom is 0.203 e. The molecule has 1 aromatic heterocycles. The molecule has 0 aliphatic heterocycles. The van der Waals surface area contributed by atoms with Crippen LogP contribution in [0.3, 0.4) is 0 Å². The quantitative estimate of drug-likeness (QED) is 0.422. The average molecular weight is 502 g/mol. The summed E-state index contributed by atoms with van der Waals surface area (Å²) >= 11 is 9.21. The number of hydrogen-bond acceptors (Lipinski definition) is 5. The number of benzene rings is 2. The first kappa shape index (κ1) is 22.8. The second-order valence-corrected chi connectivity index (χ2v) is 7.99. The second kappa shape index (κ2) is 11.0. The van der Waals surface area contributed by atoms with Crippen molar-refractivity contribution >= 4 is 38.9 Å². The lowest BCUT2D eigenvalue weighted by molar-refractivity contribution is 0.322. The third kappa shape index (κ3) is 6.08. The molecule has 6 nitrogen and oxygen atoms in total. The molecule has 0 bridgehead atoms. The first-order chi connectivity index (χ1) is 15.0. The van der Waals surface area contributed by atoms with Gasteiger partial charge in [-0.2, -0.15) is 0 Å². The number of rotatable bonds is 8. The Kier molecular flexibility index (Phi) is 8.08. The fourth-order valence-electron chi connectivity index (χ4n) is 3.09. The molecule has 0 radical (unpaired) electrons. The van der Waals surface area contributed by atoms with Crippen molar-refractivity contribution in [3.05, 3.63) is 76.5 Å². The molecule has 2 aromatic carbocycles. The molecule has 0 fully saturated rings. The van der Waals surface area contributed by atoms with Crippen molar-refractivity contribution in [2.24, 2.45) is 0 Å². The van der Waals surface area contributed by atoms with Gasteiger partial charge in [0.2, 0.25) is 5.75 Å². The molecule has 0 aliphatic rings. The Hall–Kier alpha value is -2.84. The van der Waals surface area contributed by atoms with E-state index in [9.17, 15) is 0 Å². The maximum absolute atomic E-state index is 5.76. The monoisotopic (exact) mass is 501 g/mol. The van der Waals surface area contributed by atoms with Crippen molar-refractivity contribution in [3.63, 3.8) is 0 Å². The van der Waals surface area contributed by atoms with E-state index in [0.29, 0.717) is 35.5 Å². The van der Waals surface area contributed by atoms with E-state index in [0.717, 1.165) is 21.3 Å². The number of methoxy groups -OCH3 is 3. The number of hydrogen-bond donors (Lipinski definition) is 1. The normalized spacial score (nSPS) is 10.3. The van der Waals surface area contributed by atoms with E-state index in [1.165, 1.54) is 0 Å². The Morgan fingerprint density at radius 1 is 0.968 bits per heavy atom. The van der Waals surface area contributed by atoms with Crippen LogP contribution in [0, 0.1) is 0 Å². The highest BCUT2D eigenvalue weighted by Crippen LogP contribution is 2.38. The highest BCUT2D eigenvalue weighted by molar-refractivity contribution is 9.10. The summed E-state index contributed by atoms with van der Waals surface area (Å²) in [5.41, 5.74) is 2.93. The summed E-state index contributed by atoms with van der Waals surface area (Å²) < 4.78 is 17.4. The van der Waals surface area contributed by atoms with Gasteiger partial charge in [-0.1, -0.05) is 22.0 Å². The minimum absolute atomic E-state index is 0.536. The molecule has 0 aliphatic carbocycles. The number of thiocarbonyl (C=S) groups is 1. The highest BCUT2D eigenvalue weighted by Gasteiger charge is 2.17. The van der Waals surface area contributed by atoms with Crippen LogP contribution in [0.4, 0.5) is 5.69 Å². The van der Waals surface area contributed by atoms with Crippen LogP contribution in [0.15, 0.2) is 65.4 Å². The van der Waals surface area contributed by atoms with Crippen LogP contribution in [0.25, 0.3) is 0 Å². The van der Waals surface area contributed by atoms with Crippen LogP contribution in [-0.4, -0.2) is 36.3 Å². The molecule has 0 spiro atoms. The molecule has 1 heterocycles. The lowest BCUT2D eigenvalue weighted by Gasteiger charge is -2.27. The Labute approximate surface area is 196 Å². The predicted molar refractivity (Wildman–Crippen MR) is 130 cm³/mol. The summed E-state index contributed by atoms with van der Waals surface area (Å²) in [7, 11) is 4.80. The third-order valence-corrected chi connectivity index (χ3v) is 5.47. The zero-order valence-corrected chi connectivity index (χ0v) is 20.0. The Bertz CT molecular complexity index is 991. The Balaban J connectivity index is 1.89. The summed E-state index contributed by atoms with van der Waals surface area (Å²) in [6.07, 6.45) is 3.59. The summed E-state index contributed by atoms with van der Waals surface area (Å²) in [5, 5.41) is 3.92. The molecular weight excluding hydrogens is 478 g/mol. The molecule has 0 saturated heterocycles. The van der Waals surface area contributed by atoms with Crippen molar-refractivity contribution < 1.29 is 14.2 Å². The van der Waals surface area contributed by atoms with Crippen LogP contribution >= 0.6 is 28.1 Å². The van der Waals surface area contributed by atoms with Crippen LogP contribution in [0.2, 0.25) is 0 Å². The Morgan fingerprint density at radius 3 is 2.16 bits per heavy atom. The number of nitrogens with one attached hydrogen (secondary N) is 1. The van der Waals surface area contributed by atoms with Gasteiger partial charge in [0.05, 0.1) is 21.3 Å². The minimum atomic E-state index is 0.536. The minimum Gasteiger partial charge on any atom is -0.493 e. The first-order valence-corrected chi connectivity index (χ1v) is 10.7. The zero-order chi connectivity index (χ0) is 22.2. The zero-order valence-electron chi connectivity index (χ0n) is 17.6. The standard InChI is InChI=1S/C23H24BrN3O3S/c1-28-20-11-17(12-21(29-2)22(20)30-3)15-27(14-16-5-4-10-25-13-16)23(31)26-19-8-6-18(24)7-9-19/h4-13H,14-15H2,1-3H3,(H,26,31). The number of anilines is 1. The van der Waals surface area contributed by atoms with E-state index < -0.39 is 0 Å². The molecular formula is C23H24BrN3O3S. The SMILES string of the molecule is COc1cc(CN(Cc2cccnc2)C(=S)Nc2ccc(Br)cc2)cc(OC)c1OC. The van der Waals surface area contributed by atoms with E-state index in [2.05, 4.69) is 31.1 Å². The molecule has 0 amide bonds. The molecule has 3 aromatic rings. The van der Waals surface area contributed by atoms with Crippen LogP contribution < -0.4 is 19.5 Å². The summed E-state index contributed by atoms with van der Waals surface area (Å²) in [5.74, 6) is 1.76. The largest absolute Gasteiger partial charge is 0.493 e. The van der Waals surface area contributed by atoms with Gasteiger partial charge in [0, 0.05) is 35.6 Å². The molecule has 3 rings (SSSR count). The number of aromatic nitrogens is 1. The van der Waals surface area contributed by atoms with Gasteiger partial charge >= 0.3 is 0 Å². The van der Waals surface area contributed by atoms with Gasteiger partial charge < -0.3 is 24.4 Å². The van der Waals surface area contributed by atoms with Crippen molar-refractivity contribution in [1.82, 2.24) is 9.88 Å². The molecule has 8 heteroatoms. The van der Waals surface area contributed by atoms with E-state index in [4.69, 9.17) is 26.4 Å². The van der Waals surface area contributed by atoms with Gasteiger partial charge in [-0.15, -0.1) is 0 Å². The van der Waals surface area contributed by atoms with E-state index in [-0.39, 0.29) is 0 Å². The van der Waals surface area contributed by atoms with Gasteiger partial charge in [0.1, 0.15) is 0 Å². The Morgan fingerprint density at radius 2 is 1.61 bits per heavy atom. The second-order valence-electron chi connectivity index (χ2n) is 6.69. The van der Waals surface area contributed by atoms with Gasteiger partial charge in [-0.3, -0.25) is 4.98 Å². The first-order valence-electron chi connectivity index (χ1n) is 9.53. The number of halogens is 1. The molecule has 31 heavy (non-hydrogen) atoms. The topological polar surface area (TPSA) is 55.9 Å². The van der Waals surface area contributed by atoms with E-state index in [1.54, 1.807) is 27.5 Å². The fraction of sp³-hybridized carbons (Fsp3) is 0.217. The summed E-state index contributed by atoms with van der Waals surface area (Å²) in [6, 6.07) is 15.7. The number of ether oxygens (including phenoxy) is 3. The van der Waals surface area contributed by atoms with Gasteiger partial charge in [0.15, 0.2) is 16.6 Å². The van der Waals surface area contributed by atoms with Crippen molar-refractivity contribution in [3.8, 4) is 17.2 Å². The molecule has 162 valence electrons. The highest BCUT2D eigenvalue weighted by atomic mass is 79.9. The molecule has 0 unspecified atom stereocenters. The van der Waals surface area contributed by atoms with Crippen molar-refractivity contribution in [2.45, 2.75) is 13.1 Å². The van der Waals surface area contributed by atoms with Gasteiger partial charge in [-0.05, 0) is 65.8 Å². The lowest BCUT2D eigenvalue weighted by Crippen LogP contribution is -2.33. The fourth-order valence-corrected chi connectivity index (χ4v) is 3.61. The van der Waals surface area contributed by atoms with E-state index >= 15 is 0 Å². The average Bonchev–Trinajstić information content (AvgIpc) is 2.80. The predicted octanol–water partition coefficient (Wildman–Crippen LogP) is 5.27. The molecule has 0 atom stereocenters. The third-order valence-electron chi connectivity index (χ3n) is 4.58. The van der Waals surface area contributed by atoms with Gasteiger partial charge in [-0.25, -0.2) is 0 Å². The van der Waals surface area contributed by atoms with Crippen LogP contribution in [0.1, 0.15) is 11.1 Å². The smallest absolute Gasteiger partial charge is 0.203 e. The summed E-state index contributed by atoms with van der Waals surface area (Å²) in [4.78, 5) is 6.29. The van der Waals surface area contributed by atoms with Crippen LogP contribution in [0.5, 0.6) is 17.2 Å². The molecule has 0 saturated carbocycles. The van der Waals surface area contributed by atoms with Gasteiger partial charge in [0.25, 0.3) is 0 Å². The number of pyridine rings is 1.